The Morgan fingerprint density at radius 2 is 2.11 bits per heavy atom. The number of rotatable bonds is 4. The third-order valence-corrected chi connectivity index (χ3v) is 4.76. The summed E-state index contributed by atoms with van der Waals surface area (Å²) in [7, 11) is 0. The standard InChI is InChI=1S/C19H15ClN8/c1-10(27-19-12(7-21)18(22)24-9-25-19)13-8-23-17-11(3-2-4-14(17)20)16(13)15-5-6-26-28-15/h2-6,8-10H,1H3,(H,26,28)(H3,22,24,25,27). The van der Waals surface area contributed by atoms with Crippen molar-refractivity contribution in [2.45, 2.75) is 13.0 Å². The Kier molecular flexibility index (Phi) is 4.51. The Balaban J connectivity index is 1.86. The number of halogens is 1. The van der Waals surface area contributed by atoms with E-state index in [1.807, 2.05) is 31.2 Å². The molecular weight excluding hydrogens is 376 g/mol. The summed E-state index contributed by atoms with van der Waals surface area (Å²) in [6.07, 6.45) is 4.77. The minimum Gasteiger partial charge on any atom is -0.382 e. The molecule has 4 rings (SSSR count). The highest BCUT2D eigenvalue weighted by molar-refractivity contribution is 6.35. The fraction of sp³-hybridized carbons (Fsp3) is 0.105. The van der Waals surface area contributed by atoms with Gasteiger partial charge in [0.15, 0.2) is 0 Å². The van der Waals surface area contributed by atoms with Gasteiger partial charge in [0.2, 0.25) is 0 Å². The van der Waals surface area contributed by atoms with Crippen LogP contribution in [0.25, 0.3) is 22.2 Å². The lowest BCUT2D eigenvalue weighted by atomic mass is 9.96. The van der Waals surface area contributed by atoms with Crippen molar-refractivity contribution in [3.8, 4) is 17.3 Å². The quantitative estimate of drug-likeness (QED) is 0.484. The van der Waals surface area contributed by atoms with Crippen LogP contribution in [0.4, 0.5) is 11.6 Å². The molecule has 3 aromatic heterocycles. The maximum Gasteiger partial charge on any atom is 0.150 e. The number of nitrogens with two attached hydrogens (primary N) is 1. The van der Waals surface area contributed by atoms with E-state index >= 15 is 0 Å². The Labute approximate surface area is 165 Å². The highest BCUT2D eigenvalue weighted by atomic mass is 35.5. The Hall–Kier alpha value is -3.70. The number of anilines is 2. The number of H-pyrrole nitrogens is 1. The fourth-order valence-electron chi connectivity index (χ4n) is 3.13. The predicted molar refractivity (Wildman–Crippen MR) is 108 cm³/mol. The second kappa shape index (κ2) is 7.13. The number of nitriles is 1. The first-order valence-corrected chi connectivity index (χ1v) is 8.82. The zero-order valence-electron chi connectivity index (χ0n) is 14.8. The van der Waals surface area contributed by atoms with Crippen molar-refractivity contribution < 1.29 is 0 Å². The summed E-state index contributed by atoms with van der Waals surface area (Å²) in [5.41, 5.74) is 9.34. The van der Waals surface area contributed by atoms with Crippen molar-refractivity contribution in [1.29, 1.82) is 5.26 Å². The number of nitrogens with zero attached hydrogens (tertiary/aromatic N) is 5. The lowest BCUT2D eigenvalue weighted by Crippen LogP contribution is -2.12. The molecule has 4 N–H and O–H groups in total. The third kappa shape index (κ3) is 2.98. The topological polar surface area (TPSA) is 129 Å². The van der Waals surface area contributed by atoms with Gasteiger partial charge in [0.25, 0.3) is 0 Å². The molecule has 0 amide bonds. The second-order valence-corrected chi connectivity index (χ2v) is 6.56. The van der Waals surface area contributed by atoms with Crippen LogP contribution in [-0.4, -0.2) is 25.1 Å². The highest BCUT2D eigenvalue weighted by Gasteiger charge is 2.20. The Morgan fingerprint density at radius 3 is 2.86 bits per heavy atom. The summed E-state index contributed by atoms with van der Waals surface area (Å²) in [6, 6.07) is 9.33. The van der Waals surface area contributed by atoms with Gasteiger partial charge in [-0.3, -0.25) is 10.1 Å². The van der Waals surface area contributed by atoms with Gasteiger partial charge in [0.1, 0.15) is 29.6 Å². The van der Waals surface area contributed by atoms with Gasteiger partial charge in [-0.25, -0.2) is 9.97 Å². The van der Waals surface area contributed by atoms with Gasteiger partial charge in [-0.15, -0.1) is 0 Å². The van der Waals surface area contributed by atoms with Crippen molar-refractivity contribution in [3.05, 3.63) is 59.1 Å². The van der Waals surface area contributed by atoms with Crippen LogP contribution in [0.2, 0.25) is 5.02 Å². The smallest absolute Gasteiger partial charge is 0.150 e. The Bertz CT molecular complexity index is 1200. The van der Waals surface area contributed by atoms with Gasteiger partial charge in [0, 0.05) is 28.9 Å². The number of fused-ring (bicyclic) bond motifs is 1. The molecule has 1 aromatic carbocycles. The zero-order valence-corrected chi connectivity index (χ0v) is 15.6. The van der Waals surface area contributed by atoms with Crippen molar-refractivity contribution >= 4 is 34.1 Å². The van der Waals surface area contributed by atoms with Crippen molar-refractivity contribution in [2.24, 2.45) is 0 Å². The molecule has 0 radical (unpaired) electrons. The number of nitrogens with one attached hydrogen (secondary N) is 2. The lowest BCUT2D eigenvalue weighted by Gasteiger charge is -2.20. The van der Waals surface area contributed by atoms with Crippen molar-refractivity contribution in [2.75, 3.05) is 11.1 Å². The number of hydrogen-bond acceptors (Lipinski definition) is 7. The largest absolute Gasteiger partial charge is 0.382 e. The van der Waals surface area contributed by atoms with Gasteiger partial charge < -0.3 is 11.1 Å². The normalized spacial score (nSPS) is 11.9. The molecule has 0 bridgehead atoms. The summed E-state index contributed by atoms with van der Waals surface area (Å²) in [5.74, 6) is 0.494. The van der Waals surface area contributed by atoms with E-state index in [-0.39, 0.29) is 17.4 Å². The number of para-hydroxylation sites is 1. The minimum absolute atomic E-state index is 0.129. The summed E-state index contributed by atoms with van der Waals surface area (Å²) in [6.45, 7) is 1.95. The molecule has 0 aliphatic rings. The van der Waals surface area contributed by atoms with Crippen LogP contribution in [0.5, 0.6) is 0 Å². The first-order chi connectivity index (χ1) is 13.6. The molecule has 138 valence electrons. The highest BCUT2D eigenvalue weighted by Crippen LogP contribution is 2.36. The monoisotopic (exact) mass is 390 g/mol. The van der Waals surface area contributed by atoms with Crippen LogP contribution in [0.1, 0.15) is 24.1 Å². The van der Waals surface area contributed by atoms with E-state index in [1.54, 1.807) is 18.5 Å². The summed E-state index contributed by atoms with van der Waals surface area (Å²) in [5, 5.41) is 21.2. The van der Waals surface area contributed by atoms with Crippen LogP contribution in [-0.2, 0) is 0 Å². The number of aromatic amines is 1. The number of aromatic nitrogens is 5. The molecule has 8 nitrogen and oxygen atoms in total. The molecule has 1 unspecified atom stereocenters. The van der Waals surface area contributed by atoms with Gasteiger partial charge in [-0.2, -0.15) is 10.4 Å². The number of hydrogen-bond donors (Lipinski definition) is 3. The minimum atomic E-state index is -0.240. The van der Waals surface area contributed by atoms with Crippen LogP contribution in [0.15, 0.2) is 43.0 Å². The molecule has 9 heteroatoms. The summed E-state index contributed by atoms with van der Waals surface area (Å²) in [4.78, 5) is 12.6. The van der Waals surface area contributed by atoms with Gasteiger partial charge in [-0.05, 0) is 19.1 Å². The van der Waals surface area contributed by atoms with Crippen molar-refractivity contribution in [3.63, 3.8) is 0 Å². The maximum atomic E-state index is 9.37. The van der Waals surface area contributed by atoms with Crippen LogP contribution >= 0.6 is 11.6 Å². The Morgan fingerprint density at radius 1 is 1.25 bits per heavy atom. The molecule has 0 fully saturated rings. The molecule has 4 aromatic rings. The van der Waals surface area contributed by atoms with Gasteiger partial charge >= 0.3 is 0 Å². The summed E-state index contributed by atoms with van der Waals surface area (Å²) >= 11 is 6.34. The lowest BCUT2D eigenvalue weighted by molar-refractivity contribution is 0.867. The van der Waals surface area contributed by atoms with Gasteiger partial charge in [-0.1, -0.05) is 23.7 Å². The first-order valence-electron chi connectivity index (χ1n) is 8.44. The van der Waals surface area contributed by atoms with E-state index < -0.39 is 0 Å². The number of benzene rings is 1. The SMILES string of the molecule is CC(Nc1ncnc(N)c1C#N)c1cnc2c(Cl)cccc2c1-c1ccn[nH]1. The molecular formula is C19H15ClN8. The molecule has 0 aliphatic heterocycles. The number of pyridine rings is 1. The molecule has 0 spiro atoms. The fourth-order valence-corrected chi connectivity index (χ4v) is 3.35. The molecule has 0 aliphatic carbocycles. The van der Waals surface area contributed by atoms with Crippen LogP contribution in [0.3, 0.4) is 0 Å². The average molecular weight is 391 g/mol. The average Bonchev–Trinajstić information content (AvgIpc) is 3.22. The van der Waals surface area contributed by atoms with Crippen molar-refractivity contribution in [1.82, 2.24) is 25.1 Å². The van der Waals surface area contributed by atoms with E-state index in [2.05, 4.69) is 30.5 Å². The molecule has 0 saturated heterocycles. The molecule has 1 atom stereocenters. The van der Waals surface area contributed by atoms with Crippen LogP contribution < -0.4 is 11.1 Å². The zero-order chi connectivity index (χ0) is 19.7. The van der Waals surface area contributed by atoms with E-state index in [0.29, 0.717) is 16.4 Å². The van der Waals surface area contributed by atoms with E-state index in [1.165, 1.54) is 6.33 Å². The molecule has 28 heavy (non-hydrogen) atoms. The number of nitrogen functional groups attached to an aromatic ring is 1. The van der Waals surface area contributed by atoms with Crippen LogP contribution in [0, 0.1) is 11.3 Å². The maximum absolute atomic E-state index is 9.37. The second-order valence-electron chi connectivity index (χ2n) is 6.16. The van der Waals surface area contributed by atoms with E-state index in [9.17, 15) is 5.26 Å². The molecule has 3 heterocycles. The molecule has 0 saturated carbocycles. The predicted octanol–water partition coefficient (Wildman–Crippen LogP) is 3.70. The summed E-state index contributed by atoms with van der Waals surface area (Å²) < 4.78 is 0. The van der Waals surface area contributed by atoms with Gasteiger partial charge in [0.05, 0.1) is 22.3 Å². The van der Waals surface area contributed by atoms with E-state index in [4.69, 9.17) is 17.3 Å². The first kappa shape index (κ1) is 17.7. The third-order valence-electron chi connectivity index (χ3n) is 4.46. The van der Waals surface area contributed by atoms with E-state index in [0.717, 1.165) is 22.2 Å².